The van der Waals surface area contributed by atoms with Crippen LogP contribution in [0.15, 0.2) is 97.2 Å². The Hall–Kier alpha value is -5.30. The molecule has 0 N–H and O–H groups in total. The van der Waals surface area contributed by atoms with Crippen molar-refractivity contribution >= 4 is 33.6 Å². The highest BCUT2D eigenvalue weighted by Gasteiger charge is 2.56. The smallest absolute Gasteiger partial charge is 0.360 e. The molecule has 0 fully saturated rings. The van der Waals surface area contributed by atoms with Crippen molar-refractivity contribution in [3.05, 3.63) is 131 Å². The van der Waals surface area contributed by atoms with E-state index in [4.69, 9.17) is 19.7 Å². The van der Waals surface area contributed by atoms with Gasteiger partial charge >= 0.3 is 5.97 Å². The van der Waals surface area contributed by atoms with Crippen LogP contribution in [0, 0.1) is 13.8 Å². The van der Waals surface area contributed by atoms with E-state index in [1.165, 1.54) is 0 Å². The fraction of sp³-hybridized carbons (Fsp3) is 0.143. The number of fused-ring (bicyclic) bond motifs is 4. The molecule has 1 atom stereocenters. The third-order valence-electron chi connectivity index (χ3n) is 8.47. The molecule has 0 saturated carbocycles. The molecule has 5 heterocycles. The minimum atomic E-state index is -1.42. The largest absolute Gasteiger partial charge is 0.436 e. The van der Waals surface area contributed by atoms with E-state index in [0.717, 1.165) is 56.9 Å². The number of hydrogen-bond acceptors (Lipinski definition) is 5. The van der Waals surface area contributed by atoms with E-state index in [9.17, 15) is 4.79 Å². The molecule has 7 aromatic rings. The molecule has 1 aliphatic heterocycles. The van der Waals surface area contributed by atoms with E-state index >= 15 is 0 Å². The quantitative estimate of drug-likeness (QED) is 0.221. The van der Waals surface area contributed by atoms with Crippen molar-refractivity contribution in [3.8, 4) is 11.3 Å². The number of imidazole rings is 1. The van der Waals surface area contributed by atoms with Gasteiger partial charge in [0.1, 0.15) is 17.0 Å². The van der Waals surface area contributed by atoms with Crippen LogP contribution in [0.3, 0.4) is 0 Å². The molecule has 1 aliphatic rings. The SMILES string of the molecule is CCn1c(C)c(C2(c3c(-c4ccccc4)nc4c(C)cccn34)OC(=O)c3nc4ccccc4nc32)c2ccccc21. The van der Waals surface area contributed by atoms with Gasteiger partial charge in [-0.2, -0.15) is 0 Å². The summed E-state index contributed by atoms with van der Waals surface area (Å²) in [5.41, 5.74) is 7.74. The van der Waals surface area contributed by atoms with E-state index in [-0.39, 0.29) is 5.69 Å². The van der Waals surface area contributed by atoms with Crippen molar-refractivity contribution < 1.29 is 9.53 Å². The average molecular weight is 550 g/mol. The van der Waals surface area contributed by atoms with Crippen LogP contribution in [0.2, 0.25) is 0 Å². The normalized spacial score (nSPS) is 16.4. The first-order valence-electron chi connectivity index (χ1n) is 14.2. The topological polar surface area (TPSA) is 74.3 Å². The highest BCUT2D eigenvalue weighted by Crippen LogP contribution is 2.52. The second-order valence-corrected chi connectivity index (χ2v) is 10.8. The van der Waals surface area contributed by atoms with Gasteiger partial charge in [0, 0.05) is 40.5 Å². The van der Waals surface area contributed by atoms with Crippen LogP contribution in [0.25, 0.3) is 38.8 Å². The van der Waals surface area contributed by atoms with Crippen LogP contribution in [-0.4, -0.2) is 29.9 Å². The van der Waals surface area contributed by atoms with Gasteiger partial charge in [-0.25, -0.2) is 19.7 Å². The number of aryl methyl sites for hydroxylation is 2. The zero-order valence-corrected chi connectivity index (χ0v) is 23.5. The number of pyridine rings is 1. The van der Waals surface area contributed by atoms with Crippen LogP contribution in [0.5, 0.6) is 0 Å². The first-order chi connectivity index (χ1) is 20.5. The van der Waals surface area contributed by atoms with E-state index < -0.39 is 11.6 Å². The number of ether oxygens (including phenoxy) is 1. The summed E-state index contributed by atoms with van der Waals surface area (Å²) >= 11 is 0. The molecule has 0 radical (unpaired) electrons. The van der Waals surface area contributed by atoms with Crippen LogP contribution in [0.4, 0.5) is 0 Å². The molecule has 1 unspecified atom stereocenters. The molecule has 204 valence electrons. The van der Waals surface area contributed by atoms with E-state index in [2.05, 4.69) is 34.9 Å². The van der Waals surface area contributed by atoms with Gasteiger partial charge in [0.15, 0.2) is 5.69 Å². The summed E-state index contributed by atoms with van der Waals surface area (Å²) in [6.07, 6.45) is 1.99. The maximum Gasteiger partial charge on any atom is 0.360 e. The van der Waals surface area contributed by atoms with Gasteiger partial charge in [-0.3, -0.25) is 4.40 Å². The Kier molecular flexibility index (Phi) is 5.16. The van der Waals surface area contributed by atoms with E-state index in [0.29, 0.717) is 16.7 Å². The molecular formula is C35H27N5O2. The van der Waals surface area contributed by atoms with Crippen molar-refractivity contribution in [2.45, 2.75) is 32.9 Å². The number of nitrogens with zero attached hydrogens (tertiary/aromatic N) is 5. The van der Waals surface area contributed by atoms with Gasteiger partial charge < -0.3 is 9.30 Å². The molecule has 0 aliphatic carbocycles. The molecule has 7 nitrogen and oxygen atoms in total. The van der Waals surface area contributed by atoms with Crippen LogP contribution in [0.1, 0.15) is 45.6 Å². The summed E-state index contributed by atoms with van der Waals surface area (Å²) in [4.78, 5) is 29.2. The monoisotopic (exact) mass is 549 g/mol. The van der Waals surface area contributed by atoms with Crippen LogP contribution >= 0.6 is 0 Å². The highest BCUT2D eigenvalue weighted by atomic mass is 16.6. The molecule has 3 aromatic carbocycles. The minimum absolute atomic E-state index is 0.225. The van der Waals surface area contributed by atoms with Crippen molar-refractivity contribution in [2.24, 2.45) is 0 Å². The summed E-state index contributed by atoms with van der Waals surface area (Å²) in [5.74, 6) is -0.502. The lowest BCUT2D eigenvalue weighted by Gasteiger charge is -2.30. The Bertz CT molecular complexity index is 2210. The Morgan fingerprint density at radius 3 is 2.29 bits per heavy atom. The lowest BCUT2D eigenvalue weighted by Crippen LogP contribution is -2.33. The van der Waals surface area contributed by atoms with Gasteiger partial charge in [0.05, 0.1) is 16.7 Å². The maximum atomic E-state index is 14.0. The van der Waals surface area contributed by atoms with E-state index in [1.807, 2.05) is 92.0 Å². The summed E-state index contributed by atoms with van der Waals surface area (Å²) in [6, 6.07) is 30.0. The number of hydrogen-bond donors (Lipinski definition) is 0. The van der Waals surface area contributed by atoms with Crippen molar-refractivity contribution in [1.29, 1.82) is 0 Å². The van der Waals surface area contributed by atoms with Gasteiger partial charge in [-0.1, -0.05) is 66.7 Å². The third kappa shape index (κ3) is 3.16. The number of aromatic nitrogens is 5. The van der Waals surface area contributed by atoms with Crippen LogP contribution in [-0.2, 0) is 16.9 Å². The van der Waals surface area contributed by atoms with Gasteiger partial charge in [0.25, 0.3) is 0 Å². The third-order valence-corrected chi connectivity index (χ3v) is 8.47. The first kappa shape index (κ1) is 24.5. The van der Waals surface area contributed by atoms with Gasteiger partial charge in [-0.15, -0.1) is 0 Å². The summed E-state index contributed by atoms with van der Waals surface area (Å²) in [5, 5.41) is 0.995. The molecule has 0 spiro atoms. The fourth-order valence-electron chi connectivity index (χ4n) is 6.69. The molecule has 0 bridgehead atoms. The second-order valence-electron chi connectivity index (χ2n) is 10.8. The molecule has 7 heteroatoms. The van der Waals surface area contributed by atoms with Gasteiger partial charge in [0.2, 0.25) is 5.60 Å². The summed E-state index contributed by atoms with van der Waals surface area (Å²) in [6.45, 7) is 7.02. The predicted molar refractivity (Wildman–Crippen MR) is 163 cm³/mol. The maximum absolute atomic E-state index is 14.0. The minimum Gasteiger partial charge on any atom is -0.436 e. The van der Waals surface area contributed by atoms with Crippen molar-refractivity contribution in [2.75, 3.05) is 0 Å². The number of rotatable bonds is 4. The Morgan fingerprint density at radius 1 is 0.786 bits per heavy atom. The summed E-state index contributed by atoms with van der Waals surface area (Å²) < 4.78 is 11.1. The second kappa shape index (κ2) is 8.85. The van der Waals surface area contributed by atoms with E-state index in [1.54, 1.807) is 0 Å². The average Bonchev–Trinajstić information content (AvgIpc) is 3.64. The number of benzene rings is 3. The number of carbonyl (C=O) groups is 1. The number of cyclic esters (lactones) is 1. The molecule has 8 rings (SSSR count). The molecule has 42 heavy (non-hydrogen) atoms. The zero-order valence-electron chi connectivity index (χ0n) is 23.5. The summed E-state index contributed by atoms with van der Waals surface area (Å²) in [7, 11) is 0. The molecule has 0 amide bonds. The number of para-hydroxylation sites is 3. The van der Waals surface area contributed by atoms with Gasteiger partial charge in [-0.05, 0) is 50.6 Å². The Balaban J connectivity index is 1.62. The predicted octanol–water partition coefficient (Wildman–Crippen LogP) is 7.00. The van der Waals surface area contributed by atoms with Crippen LogP contribution < -0.4 is 0 Å². The lowest BCUT2D eigenvalue weighted by atomic mass is 9.83. The number of carbonyl (C=O) groups excluding carboxylic acids is 1. The Labute approximate surface area is 242 Å². The molecular weight excluding hydrogens is 522 g/mol. The van der Waals surface area contributed by atoms with Crippen molar-refractivity contribution in [3.63, 3.8) is 0 Å². The lowest BCUT2D eigenvalue weighted by molar-refractivity contribution is 0.0230. The molecule has 4 aromatic heterocycles. The highest BCUT2D eigenvalue weighted by molar-refractivity contribution is 5.99. The fourth-order valence-corrected chi connectivity index (χ4v) is 6.69. The standard InChI is InChI=1S/C35H27N5O2/c1-4-39-22(3)28(24-16-8-11-19-27(24)39)35(31-30(34(41)42-35)36-25-17-9-10-18-26(25)37-31)32-29(23-14-6-5-7-15-23)38-33-21(2)13-12-20-40(32)33/h5-20H,4H2,1-3H3. The molecule has 0 saturated heterocycles. The van der Waals surface area contributed by atoms with Crippen molar-refractivity contribution in [1.82, 2.24) is 23.9 Å². The number of esters is 1. The Morgan fingerprint density at radius 2 is 1.50 bits per heavy atom. The zero-order chi connectivity index (χ0) is 28.6. The first-order valence-corrected chi connectivity index (χ1v) is 14.2.